The third-order valence-corrected chi connectivity index (χ3v) is 5.21. The molecule has 1 saturated heterocycles. The van der Waals surface area contributed by atoms with Crippen molar-refractivity contribution in [2.24, 2.45) is 4.99 Å². The first-order valence-electron chi connectivity index (χ1n) is 7.54. The Balaban J connectivity index is 1.66. The van der Waals surface area contributed by atoms with Gasteiger partial charge in [0.1, 0.15) is 0 Å². The van der Waals surface area contributed by atoms with Crippen LogP contribution in [0.3, 0.4) is 0 Å². The molecule has 3 atom stereocenters. The summed E-state index contributed by atoms with van der Waals surface area (Å²) in [5.41, 5.74) is 4.88. The summed E-state index contributed by atoms with van der Waals surface area (Å²) in [6, 6.07) is 12.1. The highest BCUT2D eigenvalue weighted by molar-refractivity contribution is 8.14. The Morgan fingerprint density at radius 3 is 2.55 bits per heavy atom. The summed E-state index contributed by atoms with van der Waals surface area (Å²) in [7, 11) is 0. The van der Waals surface area contributed by atoms with E-state index in [1.54, 1.807) is 0 Å². The minimum absolute atomic E-state index is 0.305. The second kappa shape index (κ2) is 6.19. The SMILES string of the molecule is CC1CCCC(C)N1NC1=NC(c2ccccc2)CS1. The fraction of sp³-hybridized carbons (Fsp3) is 0.562. The van der Waals surface area contributed by atoms with Gasteiger partial charge in [0.05, 0.1) is 6.04 Å². The van der Waals surface area contributed by atoms with Crippen molar-refractivity contribution in [1.29, 1.82) is 0 Å². The van der Waals surface area contributed by atoms with Crippen LogP contribution in [0.2, 0.25) is 0 Å². The first-order valence-corrected chi connectivity index (χ1v) is 8.53. The van der Waals surface area contributed by atoms with Crippen molar-refractivity contribution < 1.29 is 0 Å². The van der Waals surface area contributed by atoms with Gasteiger partial charge in [0, 0.05) is 17.8 Å². The third kappa shape index (κ3) is 3.01. The van der Waals surface area contributed by atoms with Crippen molar-refractivity contribution in [3.05, 3.63) is 35.9 Å². The van der Waals surface area contributed by atoms with Gasteiger partial charge in [-0.2, -0.15) is 0 Å². The number of hydrogen-bond acceptors (Lipinski definition) is 4. The Hall–Kier alpha value is -1.00. The molecule has 0 spiro atoms. The number of hydrogen-bond donors (Lipinski definition) is 1. The molecule has 3 rings (SSSR count). The van der Waals surface area contributed by atoms with E-state index in [0.717, 1.165) is 10.9 Å². The zero-order valence-corrected chi connectivity index (χ0v) is 13.1. The van der Waals surface area contributed by atoms with Gasteiger partial charge < -0.3 is 0 Å². The molecular weight excluding hydrogens is 266 g/mol. The lowest BCUT2D eigenvalue weighted by Crippen LogP contribution is -2.53. The van der Waals surface area contributed by atoms with E-state index in [9.17, 15) is 0 Å². The van der Waals surface area contributed by atoms with E-state index in [1.165, 1.54) is 24.8 Å². The Morgan fingerprint density at radius 1 is 1.15 bits per heavy atom. The Labute approximate surface area is 125 Å². The standard InChI is InChI=1S/C16H23N3S/c1-12-7-6-8-13(2)19(12)18-16-17-15(11-20-16)14-9-4-3-5-10-14/h3-5,9-10,12-13,15H,6-8,11H2,1-2H3,(H,17,18). The molecule has 2 heterocycles. The summed E-state index contributed by atoms with van der Waals surface area (Å²) in [6.45, 7) is 4.61. The minimum Gasteiger partial charge on any atom is -0.297 e. The predicted octanol–water partition coefficient (Wildman–Crippen LogP) is 3.60. The summed E-state index contributed by atoms with van der Waals surface area (Å²) in [5, 5.41) is 3.47. The molecule has 0 aliphatic carbocycles. The normalized spacial score (nSPS) is 31.1. The number of thioether (sulfide) groups is 1. The van der Waals surface area contributed by atoms with Crippen molar-refractivity contribution in [3.8, 4) is 0 Å². The molecule has 1 fully saturated rings. The largest absolute Gasteiger partial charge is 0.297 e. The molecule has 1 aromatic rings. The van der Waals surface area contributed by atoms with Crippen LogP contribution in [-0.2, 0) is 0 Å². The van der Waals surface area contributed by atoms with E-state index in [-0.39, 0.29) is 0 Å². The van der Waals surface area contributed by atoms with Crippen LogP contribution < -0.4 is 5.43 Å². The smallest absolute Gasteiger partial charge is 0.171 e. The maximum absolute atomic E-state index is 4.85. The number of nitrogens with zero attached hydrogens (tertiary/aromatic N) is 2. The van der Waals surface area contributed by atoms with Gasteiger partial charge in [-0.15, -0.1) is 0 Å². The van der Waals surface area contributed by atoms with E-state index in [2.05, 4.69) is 54.6 Å². The molecule has 1 aromatic carbocycles. The van der Waals surface area contributed by atoms with E-state index in [4.69, 9.17) is 4.99 Å². The Kier molecular flexibility index (Phi) is 4.32. The molecule has 0 radical (unpaired) electrons. The van der Waals surface area contributed by atoms with E-state index in [0.29, 0.717) is 18.1 Å². The van der Waals surface area contributed by atoms with Gasteiger partial charge in [0.15, 0.2) is 5.17 Å². The molecule has 2 aliphatic rings. The van der Waals surface area contributed by atoms with E-state index in [1.807, 2.05) is 11.8 Å². The highest BCUT2D eigenvalue weighted by atomic mass is 32.2. The molecule has 4 heteroatoms. The molecule has 3 unspecified atom stereocenters. The second-order valence-corrected chi connectivity index (χ2v) is 6.83. The maximum Gasteiger partial charge on any atom is 0.171 e. The van der Waals surface area contributed by atoms with Crippen LogP contribution in [-0.4, -0.2) is 28.0 Å². The van der Waals surface area contributed by atoms with Gasteiger partial charge >= 0.3 is 0 Å². The molecule has 0 saturated carbocycles. The minimum atomic E-state index is 0.305. The lowest BCUT2D eigenvalue weighted by atomic mass is 10.00. The summed E-state index contributed by atoms with van der Waals surface area (Å²) in [6.07, 6.45) is 3.89. The van der Waals surface area contributed by atoms with Crippen LogP contribution in [0, 0.1) is 0 Å². The first-order chi connectivity index (χ1) is 9.74. The number of aliphatic imine (C=N–C) groups is 1. The highest BCUT2D eigenvalue weighted by Crippen LogP contribution is 2.30. The number of piperidine rings is 1. The topological polar surface area (TPSA) is 27.6 Å². The molecule has 1 N–H and O–H groups in total. The zero-order chi connectivity index (χ0) is 13.9. The Bertz CT molecular complexity index is 464. The molecule has 0 aromatic heterocycles. The fourth-order valence-corrected chi connectivity index (χ4v) is 3.99. The second-order valence-electron chi connectivity index (χ2n) is 5.82. The molecule has 3 nitrogen and oxygen atoms in total. The first kappa shape index (κ1) is 14.0. The zero-order valence-electron chi connectivity index (χ0n) is 12.2. The van der Waals surface area contributed by atoms with Gasteiger partial charge in [-0.3, -0.25) is 10.4 Å². The lowest BCUT2D eigenvalue weighted by molar-refractivity contribution is 0.0752. The average Bonchev–Trinajstić information content (AvgIpc) is 2.93. The van der Waals surface area contributed by atoms with Crippen LogP contribution in [0.15, 0.2) is 35.3 Å². The number of hydrazine groups is 1. The van der Waals surface area contributed by atoms with Gasteiger partial charge in [0.25, 0.3) is 0 Å². The van der Waals surface area contributed by atoms with Gasteiger partial charge in [-0.1, -0.05) is 48.5 Å². The molecular formula is C16H23N3S. The van der Waals surface area contributed by atoms with Crippen molar-refractivity contribution in [3.63, 3.8) is 0 Å². The van der Waals surface area contributed by atoms with Crippen molar-refractivity contribution >= 4 is 16.9 Å². The van der Waals surface area contributed by atoms with Crippen LogP contribution in [0.1, 0.15) is 44.7 Å². The van der Waals surface area contributed by atoms with Crippen molar-refractivity contribution in [1.82, 2.24) is 10.4 Å². The molecule has 108 valence electrons. The fourth-order valence-electron chi connectivity index (χ4n) is 3.03. The maximum atomic E-state index is 4.85. The molecule has 2 aliphatic heterocycles. The average molecular weight is 289 g/mol. The van der Waals surface area contributed by atoms with Crippen LogP contribution in [0.4, 0.5) is 0 Å². The Morgan fingerprint density at radius 2 is 1.85 bits per heavy atom. The van der Waals surface area contributed by atoms with Crippen molar-refractivity contribution in [2.45, 2.75) is 51.2 Å². The predicted molar refractivity (Wildman–Crippen MR) is 86.8 cm³/mol. The van der Waals surface area contributed by atoms with Crippen LogP contribution >= 0.6 is 11.8 Å². The molecule has 0 amide bonds. The van der Waals surface area contributed by atoms with Gasteiger partial charge in [-0.25, -0.2) is 5.01 Å². The number of nitrogens with one attached hydrogen (secondary N) is 1. The molecule has 20 heavy (non-hydrogen) atoms. The number of benzene rings is 1. The summed E-state index contributed by atoms with van der Waals surface area (Å²) >= 11 is 1.84. The third-order valence-electron chi connectivity index (χ3n) is 4.25. The van der Waals surface area contributed by atoms with E-state index >= 15 is 0 Å². The number of rotatable bonds is 2. The van der Waals surface area contributed by atoms with Crippen LogP contribution in [0.5, 0.6) is 0 Å². The number of amidine groups is 1. The van der Waals surface area contributed by atoms with Gasteiger partial charge in [-0.05, 0) is 32.3 Å². The van der Waals surface area contributed by atoms with Crippen LogP contribution in [0.25, 0.3) is 0 Å². The summed E-state index contributed by atoms with van der Waals surface area (Å²) in [5.74, 6) is 1.04. The molecule has 0 bridgehead atoms. The quantitative estimate of drug-likeness (QED) is 0.901. The lowest BCUT2D eigenvalue weighted by Gasteiger charge is -2.39. The summed E-state index contributed by atoms with van der Waals surface area (Å²) < 4.78 is 0. The summed E-state index contributed by atoms with van der Waals surface area (Å²) in [4.78, 5) is 4.85. The van der Waals surface area contributed by atoms with Gasteiger partial charge in [0.2, 0.25) is 0 Å². The van der Waals surface area contributed by atoms with E-state index < -0.39 is 0 Å². The van der Waals surface area contributed by atoms with Crippen molar-refractivity contribution in [2.75, 3.05) is 5.75 Å². The monoisotopic (exact) mass is 289 g/mol. The highest BCUT2D eigenvalue weighted by Gasteiger charge is 2.28.